The number of benzene rings is 1. The van der Waals surface area contributed by atoms with Gasteiger partial charge in [0.2, 0.25) is 5.91 Å². The number of halogens is 1. The van der Waals surface area contributed by atoms with E-state index in [9.17, 15) is 9.59 Å². The molecule has 3 heterocycles. The number of aliphatic imine (C=N–C) groups is 1. The Bertz CT molecular complexity index is 1380. The Balaban J connectivity index is 1.72. The summed E-state index contributed by atoms with van der Waals surface area (Å²) in [6.45, 7) is 5.21. The first-order chi connectivity index (χ1) is 17.8. The van der Waals surface area contributed by atoms with Crippen LogP contribution in [-0.4, -0.2) is 71.5 Å². The first-order valence-corrected chi connectivity index (χ1v) is 12.3. The Morgan fingerprint density at radius 2 is 2.19 bits per heavy atom. The number of amidine groups is 1. The predicted molar refractivity (Wildman–Crippen MR) is 143 cm³/mol. The van der Waals surface area contributed by atoms with E-state index in [1.54, 1.807) is 12.0 Å². The van der Waals surface area contributed by atoms with E-state index in [1.807, 2.05) is 12.1 Å². The Morgan fingerprint density at radius 3 is 2.86 bits per heavy atom. The van der Waals surface area contributed by atoms with Gasteiger partial charge < -0.3 is 31.0 Å². The summed E-state index contributed by atoms with van der Waals surface area (Å²) in [6, 6.07) is 3.28. The molecule has 4 rings (SSSR count). The van der Waals surface area contributed by atoms with Crippen LogP contribution >= 0.6 is 11.6 Å². The summed E-state index contributed by atoms with van der Waals surface area (Å²) >= 11 is 6.58. The number of carbonyl (C=O) groups excluding carboxylic acids is 2. The molecular weight excluding hydrogens is 494 g/mol. The van der Waals surface area contributed by atoms with Crippen LogP contribution in [0.15, 0.2) is 41.1 Å². The number of carbonyl (C=O) groups is 2. The SMILES string of the molecule is C=CC(=O)N1C[C@@H](N/C(C#Cc2cc3nc4n(c3cc2Cl)CCC4)=C(/C(N)=O)C(N)=NC)C[C@@H]1COC. The summed E-state index contributed by atoms with van der Waals surface area (Å²) in [6.07, 6.45) is 3.82. The number of methoxy groups -OCH3 is 1. The zero-order valence-electron chi connectivity index (χ0n) is 20.9. The van der Waals surface area contributed by atoms with Gasteiger partial charge in [-0.1, -0.05) is 24.1 Å². The largest absolute Gasteiger partial charge is 0.383 e. The molecule has 0 saturated carbocycles. The van der Waals surface area contributed by atoms with E-state index in [0.717, 1.165) is 36.2 Å². The highest BCUT2D eigenvalue weighted by molar-refractivity contribution is 6.32. The molecule has 2 aliphatic heterocycles. The fourth-order valence-electron chi connectivity index (χ4n) is 4.88. The molecule has 2 amide bonds. The first kappa shape index (κ1) is 26.3. The Kier molecular flexibility index (Phi) is 7.86. The number of amides is 2. The lowest BCUT2D eigenvalue weighted by Gasteiger charge is -2.22. The number of aromatic nitrogens is 2. The van der Waals surface area contributed by atoms with Gasteiger partial charge in [0.05, 0.1) is 28.7 Å². The number of allylic oxidation sites excluding steroid dienone is 1. The Labute approximate surface area is 220 Å². The molecule has 11 heteroatoms. The molecule has 37 heavy (non-hydrogen) atoms. The second-order valence-corrected chi connectivity index (χ2v) is 9.37. The normalized spacial score (nSPS) is 19.8. The van der Waals surface area contributed by atoms with Gasteiger partial charge in [0.15, 0.2) is 0 Å². The van der Waals surface area contributed by atoms with Crippen molar-refractivity contribution >= 4 is 40.3 Å². The van der Waals surface area contributed by atoms with Crippen molar-refractivity contribution < 1.29 is 14.3 Å². The van der Waals surface area contributed by atoms with Crippen molar-refractivity contribution in [3.05, 3.63) is 52.5 Å². The minimum absolute atomic E-state index is 0.0371. The van der Waals surface area contributed by atoms with E-state index in [1.165, 1.54) is 13.1 Å². The van der Waals surface area contributed by atoms with Gasteiger partial charge in [0.1, 0.15) is 22.9 Å². The van der Waals surface area contributed by atoms with E-state index in [4.69, 9.17) is 32.8 Å². The number of primary amides is 1. The molecule has 2 aromatic rings. The van der Waals surface area contributed by atoms with Crippen molar-refractivity contribution in [1.82, 2.24) is 19.8 Å². The highest BCUT2D eigenvalue weighted by Gasteiger charge is 2.35. The third-order valence-electron chi connectivity index (χ3n) is 6.59. The third kappa shape index (κ3) is 5.33. The number of likely N-dealkylation sites (tertiary alicyclic amines) is 1. The van der Waals surface area contributed by atoms with Crippen molar-refractivity contribution in [3.63, 3.8) is 0 Å². The lowest BCUT2D eigenvalue weighted by Crippen LogP contribution is -2.39. The molecule has 0 bridgehead atoms. The molecule has 1 aromatic heterocycles. The fraction of sp³-hybridized carbons (Fsp3) is 0.385. The average Bonchev–Trinajstić information content (AvgIpc) is 3.57. The fourth-order valence-corrected chi connectivity index (χ4v) is 5.08. The van der Waals surface area contributed by atoms with Crippen LogP contribution in [-0.2, 0) is 27.3 Å². The van der Waals surface area contributed by atoms with Gasteiger partial charge in [-0.3, -0.25) is 14.6 Å². The molecule has 1 saturated heterocycles. The summed E-state index contributed by atoms with van der Waals surface area (Å²) in [5.41, 5.74) is 14.2. The number of rotatable bonds is 7. The van der Waals surface area contributed by atoms with Crippen LogP contribution in [0.5, 0.6) is 0 Å². The molecule has 1 aromatic carbocycles. The van der Waals surface area contributed by atoms with Crippen molar-refractivity contribution in [2.45, 2.75) is 37.9 Å². The summed E-state index contributed by atoms with van der Waals surface area (Å²) in [5, 5.41) is 3.73. The van der Waals surface area contributed by atoms with E-state index < -0.39 is 5.91 Å². The molecule has 2 aliphatic rings. The molecule has 5 N–H and O–H groups in total. The lowest BCUT2D eigenvalue weighted by atomic mass is 10.1. The highest BCUT2D eigenvalue weighted by Crippen LogP contribution is 2.28. The Hall–Kier alpha value is -3.81. The van der Waals surface area contributed by atoms with Gasteiger partial charge in [-0.25, -0.2) is 4.98 Å². The van der Waals surface area contributed by atoms with E-state index >= 15 is 0 Å². The van der Waals surface area contributed by atoms with Gasteiger partial charge >= 0.3 is 0 Å². The van der Waals surface area contributed by atoms with E-state index in [0.29, 0.717) is 30.2 Å². The quantitative estimate of drug-likeness (QED) is 0.215. The maximum absolute atomic E-state index is 12.4. The van der Waals surface area contributed by atoms with Crippen molar-refractivity contribution in [1.29, 1.82) is 0 Å². The number of fused-ring (bicyclic) bond motifs is 3. The molecule has 0 radical (unpaired) electrons. The second-order valence-electron chi connectivity index (χ2n) is 8.96. The summed E-state index contributed by atoms with van der Waals surface area (Å²) < 4.78 is 7.46. The van der Waals surface area contributed by atoms with Crippen LogP contribution in [0.2, 0.25) is 5.02 Å². The van der Waals surface area contributed by atoms with Crippen LogP contribution in [0.1, 0.15) is 24.2 Å². The monoisotopic (exact) mass is 523 g/mol. The van der Waals surface area contributed by atoms with Crippen molar-refractivity contribution in [2.75, 3.05) is 27.3 Å². The van der Waals surface area contributed by atoms with Gasteiger partial charge in [-0.2, -0.15) is 0 Å². The molecule has 0 unspecified atom stereocenters. The van der Waals surface area contributed by atoms with E-state index in [-0.39, 0.29) is 35.1 Å². The second kappa shape index (κ2) is 11.1. The average molecular weight is 524 g/mol. The van der Waals surface area contributed by atoms with Crippen LogP contribution in [0.4, 0.5) is 0 Å². The maximum atomic E-state index is 12.4. The van der Waals surface area contributed by atoms with E-state index in [2.05, 4.69) is 33.3 Å². The number of ether oxygens (including phenoxy) is 1. The zero-order chi connectivity index (χ0) is 26.7. The zero-order valence-corrected chi connectivity index (χ0v) is 21.6. The molecule has 0 spiro atoms. The van der Waals surface area contributed by atoms with Gasteiger partial charge in [-0.05, 0) is 37.0 Å². The first-order valence-electron chi connectivity index (χ1n) is 11.9. The molecule has 10 nitrogen and oxygen atoms in total. The number of nitrogens with one attached hydrogen (secondary N) is 1. The van der Waals surface area contributed by atoms with Gasteiger partial charge in [-0.15, -0.1) is 0 Å². The molecule has 2 atom stereocenters. The standard InChI is InChI=1S/C26H30ClN7O3/c1-4-23(35)34-13-16(11-17(34)14-37-3)31-19(24(26(29)36)25(28)30-2)8-7-15-10-20-21(12-18(15)27)33-9-5-6-22(33)32-20/h4,10,12,16-17,31H,1,5-6,9,11,13-14H2,2-3H3,(H2,28,30)(H2,29,36)/b24-19+/t16-,17+/m0/s1. The van der Waals surface area contributed by atoms with Crippen LogP contribution in [0.25, 0.3) is 11.0 Å². The summed E-state index contributed by atoms with van der Waals surface area (Å²) in [4.78, 5) is 35.1. The van der Waals surface area contributed by atoms with Crippen LogP contribution in [0.3, 0.4) is 0 Å². The van der Waals surface area contributed by atoms with Gasteiger partial charge in [0, 0.05) is 45.3 Å². The third-order valence-corrected chi connectivity index (χ3v) is 6.91. The topological polar surface area (TPSA) is 141 Å². The number of nitrogens with two attached hydrogens (primary N) is 2. The lowest BCUT2D eigenvalue weighted by molar-refractivity contribution is -0.127. The predicted octanol–water partition coefficient (Wildman–Crippen LogP) is 1.11. The molecule has 0 aliphatic carbocycles. The molecular formula is C26H30ClN7O3. The number of hydrogen-bond donors (Lipinski definition) is 3. The van der Waals surface area contributed by atoms with Gasteiger partial charge in [0.25, 0.3) is 5.91 Å². The molecule has 1 fully saturated rings. The highest BCUT2D eigenvalue weighted by atomic mass is 35.5. The van der Waals surface area contributed by atoms with Crippen LogP contribution in [0, 0.1) is 11.8 Å². The van der Waals surface area contributed by atoms with Crippen LogP contribution < -0.4 is 16.8 Å². The Morgan fingerprint density at radius 1 is 1.41 bits per heavy atom. The maximum Gasteiger partial charge on any atom is 0.255 e. The summed E-state index contributed by atoms with van der Waals surface area (Å²) in [7, 11) is 3.04. The smallest absolute Gasteiger partial charge is 0.255 e. The van der Waals surface area contributed by atoms with Crippen molar-refractivity contribution in [2.24, 2.45) is 16.5 Å². The van der Waals surface area contributed by atoms with Crippen molar-refractivity contribution in [3.8, 4) is 11.8 Å². The molecule has 194 valence electrons. The number of aryl methyl sites for hydroxylation is 2. The minimum atomic E-state index is -0.780. The number of hydrogen-bond acceptors (Lipinski definition) is 6. The minimum Gasteiger partial charge on any atom is -0.383 e. The number of imidazole rings is 1. The summed E-state index contributed by atoms with van der Waals surface area (Å²) in [5.74, 6) is 6.04. The number of nitrogens with zero attached hydrogens (tertiary/aromatic N) is 4.